The second kappa shape index (κ2) is 10.6. The number of carbonyl (C=O) groups excluding carboxylic acids is 1. The van der Waals surface area contributed by atoms with Gasteiger partial charge >= 0.3 is 0 Å². The van der Waals surface area contributed by atoms with Gasteiger partial charge in [0, 0.05) is 31.7 Å². The average Bonchev–Trinajstić information content (AvgIpc) is 2.53. The van der Waals surface area contributed by atoms with Crippen LogP contribution in [0.25, 0.3) is 0 Å². The number of guanidine groups is 1. The van der Waals surface area contributed by atoms with Gasteiger partial charge in [0.2, 0.25) is 0 Å². The first kappa shape index (κ1) is 19.9. The molecule has 0 bridgehead atoms. The summed E-state index contributed by atoms with van der Waals surface area (Å²) < 4.78 is 13.5. The molecule has 0 aliphatic heterocycles. The van der Waals surface area contributed by atoms with Crippen LogP contribution in [0.5, 0.6) is 0 Å². The highest BCUT2D eigenvalue weighted by atomic mass is 19.1. The molecule has 0 radical (unpaired) electrons. The summed E-state index contributed by atoms with van der Waals surface area (Å²) >= 11 is 0. The predicted molar refractivity (Wildman–Crippen MR) is 96.9 cm³/mol. The summed E-state index contributed by atoms with van der Waals surface area (Å²) in [6.07, 6.45) is 1.03. The number of hydrogen-bond donors (Lipinski definition) is 3. The first-order chi connectivity index (χ1) is 11.4. The van der Waals surface area contributed by atoms with Crippen molar-refractivity contribution in [2.24, 2.45) is 10.9 Å². The Hall–Kier alpha value is -2.11. The Labute approximate surface area is 144 Å². The van der Waals surface area contributed by atoms with Gasteiger partial charge in [0.25, 0.3) is 5.91 Å². The van der Waals surface area contributed by atoms with Crippen LogP contribution in [0.1, 0.15) is 43.1 Å². The summed E-state index contributed by atoms with van der Waals surface area (Å²) in [5.41, 5.74) is 0.858. The van der Waals surface area contributed by atoms with Crippen molar-refractivity contribution in [1.82, 2.24) is 16.0 Å². The zero-order valence-electron chi connectivity index (χ0n) is 15.1. The van der Waals surface area contributed by atoms with Crippen LogP contribution in [0.4, 0.5) is 4.39 Å². The fourth-order valence-electron chi connectivity index (χ4n) is 1.97. The lowest BCUT2D eigenvalue weighted by molar-refractivity contribution is 0.0954. The van der Waals surface area contributed by atoms with E-state index in [2.05, 4.69) is 34.8 Å². The summed E-state index contributed by atoms with van der Waals surface area (Å²) in [4.78, 5) is 16.5. The number of nitrogens with zero attached hydrogens (tertiary/aromatic N) is 1. The van der Waals surface area contributed by atoms with Crippen LogP contribution in [0.3, 0.4) is 0 Å². The molecule has 1 aromatic rings. The fraction of sp³-hybridized carbons (Fsp3) is 0.556. The Morgan fingerprint density at radius 1 is 1.21 bits per heavy atom. The van der Waals surface area contributed by atoms with E-state index >= 15 is 0 Å². The van der Waals surface area contributed by atoms with E-state index in [0.29, 0.717) is 30.1 Å². The van der Waals surface area contributed by atoms with Gasteiger partial charge in [-0.2, -0.15) is 0 Å². The van der Waals surface area contributed by atoms with Crippen LogP contribution in [-0.4, -0.2) is 38.0 Å². The van der Waals surface area contributed by atoms with Gasteiger partial charge < -0.3 is 16.0 Å². The van der Waals surface area contributed by atoms with E-state index in [0.717, 1.165) is 25.5 Å². The summed E-state index contributed by atoms with van der Waals surface area (Å²) in [5, 5.41) is 9.10. The third-order valence-corrected chi connectivity index (χ3v) is 3.46. The highest BCUT2D eigenvalue weighted by molar-refractivity contribution is 5.94. The fourth-order valence-corrected chi connectivity index (χ4v) is 1.97. The summed E-state index contributed by atoms with van der Waals surface area (Å²) in [7, 11) is 0. The minimum Gasteiger partial charge on any atom is -0.357 e. The van der Waals surface area contributed by atoms with Gasteiger partial charge in [0.1, 0.15) is 5.82 Å². The van der Waals surface area contributed by atoms with Crippen molar-refractivity contribution < 1.29 is 9.18 Å². The molecule has 5 nitrogen and oxygen atoms in total. The number of rotatable bonds is 8. The first-order valence-electron chi connectivity index (χ1n) is 8.50. The molecule has 0 aromatic heterocycles. The molecule has 0 saturated carbocycles. The first-order valence-corrected chi connectivity index (χ1v) is 8.50. The molecule has 0 atom stereocenters. The minimum absolute atomic E-state index is 0.280. The zero-order chi connectivity index (χ0) is 17.9. The van der Waals surface area contributed by atoms with E-state index < -0.39 is 0 Å². The van der Waals surface area contributed by atoms with E-state index in [1.807, 2.05) is 6.92 Å². The standard InChI is InChI=1S/C18H29FN4O/c1-5-20-18(22-9-8-13(2)3)23-11-10-21-17(24)15-7-6-14(4)16(19)12-15/h6-7,12-13H,5,8-11H2,1-4H3,(H,21,24)(H2,20,22,23). The molecule has 0 heterocycles. The second-order valence-electron chi connectivity index (χ2n) is 6.09. The highest BCUT2D eigenvalue weighted by Gasteiger charge is 2.07. The van der Waals surface area contributed by atoms with Gasteiger partial charge in [-0.15, -0.1) is 0 Å². The Kier molecular flexibility index (Phi) is 8.83. The van der Waals surface area contributed by atoms with Crippen LogP contribution in [-0.2, 0) is 0 Å². The van der Waals surface area contributed by atoms with E-state index in [4.69, 9.17) is 0 Å². The van der Waals surface area contributed by atoms with Crippen molar-refractivity contribution in [2.75, 3.05) is 26.2 Å². The lowest BCUT2D eigenvalue weighted by Crippen LogP contribution is -2.41. The summed E-state index contributed by atoms with van der Waals surface area (Å²) in [6.45, 7) is 10.5. The third kappa shape index (κ3) is 7.44. The smallest absolute Gasteiger partial charge is 0.251 e. The monoisotopic (exact) mass is 336 g/mol. The third-order valence-electron chi connectivity index (χ3n) is 3.46. The van der Waals surface area contributed by atoms with Crippen molar-refractivity contribution in [1.29, 1.82) is 0 Å². The predicted octanol–water partition coefficient (Wildman–Crippen LogP) is 2.47. The molecule has 1 aromatic carbocycles. The van der Waals surface area contributed by atoms with Crippen molar-refractivity contribution in [2.45, 2.75) is 34.1 Å². The van der Waals surface area contributed by atoms with Gasteiger partial charge in [-0.1, -0.05) is 19.9 Å². The lowest BCUT2D eigenvalue weighted by atomic mass is 10.1. The largest absolute Gasteiger partial charge is 0.357 e. The molecule has 134 valence electrons. The van der Waals surface area contributed by atoms with Crippen molar-refractivity contribution in [3.8, 4) is 0 Å². The maximum absolute atomic E-state index is 13.5. The van der Waals surface area contributed by atoms with Gasteiger partial charge in [0.15, 0.2) is 5.96 Å². The van der Waals surface area contributed by atoms with Crippen LogP contribution in [0.2, 0.25) is 0 Å². The lowest BCUT2D eigenvalue weighted by Gasteiger charge is -2.12. The highest BCUT2D eigenvalue weighted by Crippen LogP contribution is 2.08. The number of amides is 1. The Bertz CT molecular complexity index is 558. The van der Waals surface area contributed by atoms with Gasteiger partial charge in [-0.3, -0.25) is 9.79 Å². The molecule has 0 aliphatic rings. The average molecular weight is 336 g/mol. The molecule has 0 spiro atoms. The number of halogens is 1. The number of hydrogen-bond acceptors (Lipinski definition) is 2. The zero-order valence-corrected chi connectivity index (χ0v) is 15.1. The molecule has 6 heteroatoms. The number of aryl methyl sites for hydroxylation is 1. The van der Waals surface area contributed by atoms with Crippen LogP contribution < -0.4 is 16.0 Å². The van der Waals surface area contributed by atoms with Gasteiger partial charge in [-0.25, -0.2) is 4.39 Å². The van der Waals surface area contributed by atoms with Crippen LogP contribution in [0.15, 0.2) is 23.2 Å². The molecule has 0 aliphatic carbocycles. The molecule has 0 unspecified atom stereocenters. The van der Waals surface area contributed by atoms with Crippen molar-refractivity contribution in [3.63, 3.8) is 0 Å². The molecule has 1 rings (SSSR count). The molecule has 0 saturated heterocycles. The van der Waals surface area contributed by atoms with Crippen LogP contribution in [0, 0.1) is 18.7 Å². The minimum atomic E-state index is -0.368. The number of aliphatic imine (C=N–C) groups is 1. The normalized spacial score (nSPS) is 11.5. The number of benzene rings is 1. The van der Waals surface area contributed by atoms with E-state index in [9.17, 15) is 9.18 Å². The number of carbonyl (C=O) groups is 1. The van der Waals surface area contributed by atoms with E-state index in [-0.39, 0.29) is 11.7 Å². The quantitative estimate of drug-likeness (QED) is 0.388. The SMILES string of the molecule is CCNC(=NCCC(C)C)NCCNC(=O)c1ccc(C)c(F)c1. The Morgan fingerprint density at radius 2 is 1.92 bits per heavy atom. The van der Waals surface area contributed by atoms with E-state index in [1.165, 1.54) is 6.07 Å². The van der Waals surface area contributed by atoms with Gasteiger partial charge in [-0.05, 0) is 43.9 Å². The maximum atomic E-state index is 13.5. The van der Waals surface area contributed by atoms with Crippen molar-refractivity contribution in [3.05, 3.63) is 35.1 Å². The molecule has 24 heavy (non-hydrogen) atoms. The molecular weight excluding hydrogens is 307 g/mol. The Balaban J connectivity index is 2.38. The number of nitrogens with one attached hydrogen (secondary N) is 3. The van der Waals surface area contributed by atoms with Crippen molar-refractivity contribution >= 4 is 11.9 Å². The van der Waals surface area contributed by atoms with Gasteiger partial charge in [0.05, 0.1) is 0 Å². The molecular formula is C18H29FN4O. The van der Waals surface area contributed by atoms with Crippen LogP contribution >= 0.6 is 0 Å². The molecule has 0 fully saturated rings. The second-order valence-corrected chi connectivity index (χ2v) is 6.09. The topological polar surface area (TPSA) is 65.5 Å². The molecule has 1 amide bonds. The summed E-state index contributed by atoms with van der Waals surface area (Å²) in [5.74, 6) is 0.713. The molecule has 3 N–H and O–H groups in total. The summed E-state index contributed by atoms with van der Waals surface area (Å²) in [6, 6.07) is 4.49. The van der Waals surface area contributed by atoms with E-state index in [1.54, 1.807) is 19.1 Å². The Morgan fingerprint density at radius 3 is 2.54 bits per heavy atom. The maximum Gasteiger partial charge on any atom is 0.251 e.